The molecule has 2 unspecified atom stereocenters. The van der Waals surface area contributed by atoms with Crippen LogP contribution >= 0.6 is 11.8 Å². The molecule has 0 aliphatic carbocycles. The summed E-state index contributed by atoms with van der Waals surface area (Å²) in [4.78, 5) is 25.9. The maximum absolute atomic E-state index is 11.5. The fourth-order valence-corrected chi connectivity index (χ4v) is 4.03. The number of hydrogen-bond donors (Lipinski definition) is 2. The van der Waals surface area contributed by atoms with E-state index in [2.05, 4.69) is 17.4 Å². The second-order valence-electron chi connectivity index (χ2n) is 5.13. The predicted molar refractivity (Wildman–Crippen MR) is 75.9 cm³/mol. The Bertz CT molecular complexity index is 549. The second kappa shape index (κ2) is 5.46. The normalized spacial score (nSPS) is 26.1. The maximum atomic E-state index is 11.5. The average Bonchev–Trinajstić information content (AvgIpc) is 2.82. The van der Waals surface area contributed by atoms with Gasteiger partial charge < -0.3 is 10.4 Å². The minimum atomic E-state index is -0.871. The highest BCUT2D eigenvalue weighted by Gasteiger charge is 2.35. The molecule has 20 heavy (non-hydrogen) atoms. The molecule has 1 fully saturated rings. The summed E-state index contributed by atoms with van der Waals surface area (Å²) in [6.07, 6.45) is 0. The third-order valence-corrected chi connectivity index (χ3v) is 5.07. The van der Waals surface area contributed by atoms with E-state index in [1.165, 1.54) is 10.5 Å². The monoisotopic (exact) mass is 292 g/mol. The van der Waals surface area contributed by atoms with Crippen LogP contribution in [0.25, 0.3) is 0 Å². The number of fused-ring (bicyclic) bond motifs is 1. The molecule has 6 heteroatoms. The van der Waals surface area contributed by atoms with Gasteiger partial charge in [0.15, 0.2) is 0 Å². The zero-order valence-corrected chi connectivity index (χ0v) is 11.7. The number of carbonyl (C=O) groups excluding carboxylic acids is 1. The van der Waals surface area contributed by atoms with Gasteiger partial charge in [-0.05, 0) is 11.6 Å². The van der Waals surface area contributed by atoms with Gasteiger partial charge in [-0.3, -0.25) is 14.5 Å². The molecule has 0 spiro atoms. The van der Waals surface area contributed by atoms with Gasteiger partial charge in [-0.25, -0.2) is 0 Å². The van der Waals surface area contributed by atoms with Gasteiger partial charge in [-0.1, -0.05) is 18.2 Å². The van der Waals surface area contributed by atoms with Gasteiger partial charge in [0.25, 0.3) is 0 Å². The van der Waals surface area contributed by atoms with E-state index >= 15 is 0 Å². The summed E-state index contributed by atoms with van der Waals surface area (Å²) < 4.78 is 0. The molecule has 2 aliphatic heterocycles. The Balaban J connectivity index is 1.76. The van der Waals surface area contributed by atoms with Crippen LogP contribution in [0.3, 0.4) is 0 Å². The number of amides is 1. The quantitative estimate of drug-likeness (QED) is 0.861. The molecule has 0 bridgehead atoms. The van der Waals surface area contributed by atoms with Crippen molar-refractivity contribution >= 4 is 23.6 Å². The predicted octanol–water partition coefficient (Wildman–Crippen LogP) is 0.761. The van der Waals surface area contributed by atoms with Gasteiger partial charge >= 0.3 is 5.97 Å². The number of carboxylic acids is 1. The largest absolute Gasteiger partial charge is 0.480 e. The number of nitrogens with zero attached hydrogens (tertiary/aromatic N) is 1. The van der Waals surface area contributed by atoms with Crippen molar-refractivity contribution in [3.8, 4) is 0 Å². The van der Waals surface area contributed by atoms with Crippen LogP contribution in [0.4, 0.5) is 0 Å². The SMILES string of the molecule is O=C1CN(CC2CSc3ccccc32)C(C(=O)O)CN1. The van der Waals surface area contributed by atoms with E-state index in [0.717, 1.165) is 5.75 Å². The highest BCUT2D eigenvalue weighted by Crippen LogP contribution is 2.39. The molecule has 106 valence electrons. The second-order valence-corrected chi connectivity index (χ2v) is 6.20. The summed E-state index contributed by atoms with van der Waals surface area (Å²) in [6.45, 7) is 0.977. The Kier molecular flexibility index (Phi) is 3.67. The first-order valence-corrected chi connectivity index (χ1v) is 7.59. The molecular weight excluding hydrogens is 276 g/mol. The molecule has 2 aliphatic rings. The van der Waals surface area contributed by atoms with E-state index in [4.69, 9.17) is 0 Å². The molecule has 2 atom stereocenters. The number of thioether (sulfide) groups is 1. The molecule has 0 aromatic heterocycles. The first kappa shape index (κ1) is 13.5. The molecule has 3 rings (SSSR count). The Hall–Kier alpha value is -1.53. The molecule has 1 amide bonds. The smallest absolute Gasteiger partial charge is 0.322 e. The molecule has 0 saturated carbocycles. The molecule has 2 N–H and O–H groups in total. The summed E-state index contributed by atoms with van der Waals surface area (Å²) >= 11 is 1.80. The lowest BCUT2D eigenvalue weighted by Gasteiger charge is -2.34. The molecule has 1 aromatic carbocycles. The van der Waals surface area contributed by atoms with Crippen LogP contribution in [-0.4, -0.2) is 53.3 Å². The van der Waals surface area contributed by atoms with Crippen molar-refractivity contribution in [3.05, 3.63) is 29.8 Å². The molecule has 2 heterocycles. The summed E-state index contributed by atoms with van der Waals surface area (Å²) in [5.74, 6) is 0.276. The Morgan fingerprint density at radius 2 is 2.25 bits per heavy atom. The van der Waals surface area contributed by atoms with Gasteiger partial charge in [0.2, 0.25) is 5.91 Å². The average molecular weight is 292 g/mol. The lowest BCUT2D eigenvalue weighted by atomic mass is 9.99. The highest BCUT2D eigenvalue weighted by molar-refractivity contribution is 7.99. The zero-order valence-electron chi connectivity index (χ0n) is 10.9. The summed E-state index contributed by atoms with van der Waals surface area (Å²) in [5.41, 5.74) is 1.27. The van der Waals surface area contributed by atoms with Gasteiger partial charge in [0, 0.05) is 29.7 Å². The maximum Gasteiger partial charge on any atom is 0.322 e. The number of aliphatic carboxylic acids is 1. The molecule has 0 radical (unpaired) electrons. The van der Waals surface area contributed by atoms with E-state index in [1.54, 1.807) is 16.7 Å². The van der Waals surface area contributed by atoms with Gasteiger partial charge in [-0.2, -0.15) is 0 Å². The minimum absolute atomic E-state index is 0.0959. The van der Waals surface area contributed by atoms with Crippen molar-refractivity contribution in [1.82, 2.24) is 10.2 Å². The number of carboxylic acid groups (broad SMARTS) is 1. The van der Waals surface area contributed by atoms with Crippen molar-refractivity contribution in [2.45, 2.75) is 16.9 Å². The van der Waals surface area contributed by atoms with E-state index in [1.807, 2.05) is 12.1 Å². The van der Waals surface area contributed by atoms with Crippen LogP contribution in [0, 0.1) is 0 Å². The van der Waals surface area contributed by atoms with Crippen molar-refractivity contribution in [1.29, 1.82) is 0 Å². The van der Waals surface area contributed by atoms with Crippen molar-refractivity contribution in [2.75, 3.05) is 25.4 Å². The van der Waals surface area contributed by atoms with Crippen LogP contribution in [0.5, 0.6) is 0 Å². The van der Waals surface area contributed by atoms with Gasteiger partial charge in [-0.15, -0.1) is 11.8 Å². The summed E-state index contributed by atoms with van der Waals surface area (Å²) in [7, 11) is 0. The van der Waals surface area contributed by atoms with Gasteiger partial charge in [0.1, 0.15) is 6.04 Å². The summed E-state index contributed by atoms with van der Waals surface area (Å²) in [6, 6.07) is 7.60. The van der Waals surface area contributed by atoms with Crippen LogP contribution in [0.15, 0.2) is 29.2 Å². The molecule has 5 nitrogen and oxygen atoms in total. The standard InChI is InChI=1S/C14H16N2O3S/c17-13-7-16(11(5-15-13)14(18)19)6-9-8-20-12-4-2-1-3-10(9)12/h1-4,9,11H,5-8H2,(H,15,17)(H,18,19). The Morgan fingerprint density at radius 1 is 1.45 bits per heavy atom. The molecular formula is C14H16N2O3S. The van der Waals surface area contributed by atoms with E-state index in [-0.39, 0.29) is 19.0 Å². The third kappa shape index (κ3) is 2.53. The first-order valence-electron chi connectivity index (χ1n) is 6.60. The van der Waals surface area contributed by atoms with Crippen LogP contribution in [0.1, 0.15) is 11.5 Å². The molecule has 1 aromatic rings. The van der Waals surface area contributed by atoms with Crippen molar-refractivity contribution in [3.63, 3.8) is 0 Å². The van der Waals surface area contributed by atoms with E-state index < -0.39 is 12.0 Å². The lowest BCUT2D eigenvalue weighted by Crippen LogP contribution is -2.58. The fraction of sp³-hybridized carbons (Fsp3) is 0.429. The Labute approximate surface area is 121 Å². The van der Waals surface area contributed by atoms with Crippen LogP contribution in [0.2, 0.25) is 0 Å². The zero-order chi connectivity index (χ0) is 14.1. The number of benzene rings is 1. The fourth-order valence-electron chi connectivity index (χ4n) is 2.79. The van der Waals surface area contributed by atoms with E-state index in [9.17, 15) is 14.7 Å². The number of nitrogens with one attached hydrogen (secondary N) is 1. The first-order chi connectivity index (χ1) is 9.65. The highest BCUT2D eigenvalue weighted by atomic mass is 32.2. The topological polar surface area (TPSA) is 69.6 Å². The lowest BCUT2D eigenvalue weighted by molar-refractivity contribution is -0.146. The third-order valence-electron chi connectivity index (χ3n) is 3.82. The van der Waals surface area contributed by atoms with Crippen LogP contribution < -0.4 is 5.32 Å². The van der Waals surface area contributed by atoms with Gasteiger partial charge in [0.05, 0.1) is 6.54 Å². The summed E-state index contributed by atoms with van der Waals surface area (Å²) in [5, 5.41) is 11.9. The Morgan fingerprint density at radius 3 is 3.05 bits per heavy atom. The van der Waals surface area contributed by atoms with Crippen LogP contribution in [-0.2, 0) is 9.59 Å². The number of piperazine rings is 1. The molecule has 1 saturated heterocycles. The number of hydrogen-bond acceptors (Lipinski definition) is 4. The number of carbonyl (C=O) groups is 2. The number of rotatable bonds is 3. The minimum Gasteiger partial charge on any atom is -0.480 e. The van der Waals surface area contributed by atoms with Crippen molar-refractivity contribution in [2.24, 2.45) is 0 Å². The van der Waals surface area contributed by atoms with Crippen molar-refractivity contribution < 1.29 is 14.7 Å². The van der Waals surface area contributed by atoms with E-state index in [0.29, 0.717) is 12.5 Å².